The molecule has 90 valence electrons. The Hall–Kier alpha value is -0.620. The van der Waals surface area contributed by atoms with E-state index in [0.29, 0.717) is 12.4 Å². The maximum absolute atomic E-state index is 10.5. The van der Waals surface area contributed by atoms with Crippen LogP contribution in [0, 0.1) is 10.1 Å². The molecule has 0 saturated carbocycles. The number of ether oxygens (including phenoxy) is 1. The van der Waals surface area contributed by atoms with E-state index < -0.39 is 4.92 Å². The molecule has 1 aromatic carbocycles. The van der Waals surface area contributed by atoms with E-state index in [0.717, 1.165) is 0 Å². The standard InChI is InChI=1S/C11H16N2O3.Na.H/c1-9(12(2)3)8-16-11-6-4-5-10(7-11)13(14)15;;/h4-7,9H,8H2,1-3H3;;/t9-;;/m1../s1. The van der Waals surface area contributed by atoms with Gasteiger partial charge in [-0.2, -0.15) is 0 Å². The van der Waals surface area contributed by atoms with Crippen LogP contribution in [0.1, 0.15) is 6.92 Å². The summed E-state index contributed by atoms with van der Waals surface area (Å²) in [6, 6.07) is 6.48. The minimum atomic E-state index is -0.428. The zero-order chi connectivity index (χ0) is 12.1. The first-order chi connectivity index (χ1) is 7.50. The van der Waals surface area contributed by atoms with Crippen molar-refractivity contribution in [3.8, 4) is 5.75 Å². The van der Waals surface area contributed by atoms with Crippen molar-refractivity contribution in [1.82, 2.24) is 4.90 Å². The van der Waals surface area contributed by atoms with Crippen LogP contribution in [0.5, 0.6) is 5.75 Å². The molecule has 1 aromatic rings. The van der Waals surface area contributed by atoms with Gasteiger partial charge in [-0.25, -0.2) is 0 Å². The predicted octanol–water partition coefficient (Wildman–Crippen LogP) is 1.28. The summed E-state index contributed by atoms with van der Waals surface area (Å²) in [4.78, 5) is 12.1. The summed E-state index contributed by atoms with van der Waals surface area (Å²) in [6.45, 7) is 2.53. The van der Waals surface area contributed by atoms with Crippen LogP contribution in [-0.4, -0.2) is 66.1 Å². The number of non-ortho nitro benzene ring substituents is 1. The first kappa shape index (κ1) is 16.4. The van der Waals surface area contributed by atoms with Crippen molar-refractivity contribution in [3.63, 3.8) is 0 Å². The molecule has 0 N–H and O–H groups in total. The summed E-state index contributed by atoms with van der Waals surface area (Å²) in [6.07, 6.45) is 0. The van der Waals surface area contributed by atoms with Crippen LogP contribution in [0.4, 0.5) is 5.69 Å². The number of nitro groups is 1. The molecule has 1 rings (SSSR count). The molecule has 0 aliphatic carbocycles. The summed E-state index contributed by atoms with van der Waals surface area (Å²) >= 11 is 0. The van der Waals surface area contributed by atoms with Crippen LogP contribution in [0.25, 0.3) is 0 Å². The number of hydrogen-bond donors (Lipinski definition) is 0. The van der Waals surface area contributed by atoms with Gasteiger partial charge in [0.05, 0.1) is 11.0 Å². The van der Waals surface area contributed by atoms with Gasteiger partial charge >= 0.3 is 29.6 Å². The third-order valence-electron chi connectivity index (χ3n) is 2.40. The SMILES string of the molecule is C[C@H](COc1cccc([N+](=O)[O-])c1)N(C)C.[NaH]. The molecule has 5 nitrogen and oxygen atoms in total. The summed E-state index contributed by atoms with van der Waals surface area (Å²) in [7, 11) is 3.92. The van der Waals surface area contributed by atoms with E-state index in [2.05, 4.69) is 0 Å². The molecule has 0 radical (unpaired) electrons. The minimum absolute atomic E-state index is 0. The molecule has 0 amide bonds. The summed E-state index contributed by atoms with van der Waals surface area (Å²) in [5, 5.41) is 10.5. The van der Waals surface area contributed by atoms with Crippen molar-refractivity contribution in [2.24, 2.45) is 0 Å². The van der Waals surface area contributed by atoms with Gasteiger partial charge in [-0.3, -0.25) is 10.1 Å². The number of rotatable bonds is 5. The number of nitro benzene ring substituents is 1. The molecule has 17 heavy (non-hydrogen) atoms. The predicted molar refractivity (Wildman–Crippen MR) is 68.9 cm³/mol. The van der Waals surface area contributed by atoms with E-state index in [1.165, 1.54) is 12.1 Å². The number of hydrogen-bond acceptors (Lipinski definition) is 4. The number of likely N-dealkylation sites (N-methyl/N-ethyl adjacent to an activating group) is 1. The third-order valence-corrected chi connectivity index (χ3v) is 2.40. The van der Waals surface area contributed by atoms with Gasteiger partial charge in [-0.15, -0.1) is 0 Å². The van der Waals surface area contributed by atoms with Gasteiger partial charge in [0.2, 0.25) is 0 Å². The van der Waals surface area contributed by atoms with Gasteiger partial charge in [-0.1, -0.05) is 6.07 Å². The van der Waals surface area contributed by atoms with Crippen molar-refractivity contribution in [1.29, 1.82) is 0 Å². The zero-order valence-electron chi connectivity index (χ0n) is 9.71. The van der Waals surface area contributed by atoms with Crippen LogP contribution in [0.3, 0.4) is 0 Å². The molecule has 0 spiro atoms. The quantitative estimate of drug-likeness (QED) is 0.447. The van der Waals surface area contributed by atoms with E-state index in [-0.39, 0.29) is 41.3 Å². The van der Waals surface area contributed by atoms with E-state index in [1.54, 1.807) is 12.1 Å². The van der Waals surface area contributed by atoms with Crippen LogP contribution in [0.2, 0.25) is 0 Å². The first-order valence-electron chi connectivity index (χ1n) is 5.04. The summed E-state index contributed by atoms with van der Waals surface area (Å²) in [5.74, 6) is 0.530. The molecular formula is C11H17N2NaO3. The average molecular weight is 248 g/mol. The number of benzene rings is 1. The Morgan fingerprint density at radius 3 is 2.65 bits per heavy atom. The third kappa shape index (κ3) is 5.50. The first-order valence-corrected chi connectivity index (χ1v) is 5.04. The molecule has 0 bridgehead atoms. The van der Waals surface area contributed by atoms with Crippen molar-refractivity contribution in [2.75, 3.05) is 20.7 Å². The maximum atomic E-state index is 10.5. The Labute approximate surface area is 123 Å². The second kappa shape index (κ2) is 7.66. The van der Waals surface area contributed by atoms with E-state index >= 15 is 0 Å². The van der Waals surface area contributed by atoms with Gasteiger partial charge in [0.25, 0.3) is 5.69 Å². The van der Waals surface area contributed by atoms with Crippen molar-refractivity contribution in [3.05, 3.63) is 34.4 Å². The Morgan fingerprint density at radius 1 is 1.47 bits per heavy atom. The van der Waals surface area contributed by atoms with Crippen molar-refractivity contribution >= 4 is 35.2 Å². The molecule has 0 aliphatic rings. The monoisotopic (exact) mass is 248 g/mol. The van der Waals surface area contributed by atoms with E-state index in [1.807, 2.05) is 25.9 Å². The fourth-order valence-corrected chi connectivity index (χ4v) is 1.05. The van der Waals surface area contributed by atoms with Gasteiger partial charge in [0.15, 0.2) is 0 Å². The molecule has 0 fully saturated rings. The van der Waals surface area contributed by atoms with Crippen LogP contribution in [0.15, 0.2) is 24.3 Å². The fourth-order valence-electron chi connectivity index (χ4n) is 1.05. The molecule has 0 saturated heterocycles. The van der Waals surface area contributed by atoms with Gasteiger partial charge < -0.3 is 9.64 Å². The zero-order valence-corrected chi connectivity index (χ0v) is 9.71. The summed E-state index contributed by atoms with van der Waals surface area (Å²) < 4.78 is 5.47. The van der Waals surface area contributed by atoms with Crippen LogP contribution >= 0.6 is 0 Å². The second-order valence-electron chi connectivity index (χ2n) is 3.88. The summed E-state index contributed by atoms with van der Waals surface area (Å²) in [5.41, 5.74) is 0.0509. The Bertz CT molecular complexity index is 371. The Morgan fingerprint density at radius 2 is 2.12 bits per heavy atom. The van der Waals surface area contributed by atoms with Crippen molar-refractivity contribution < 1.29 is 9.66 Å². The van der Waals surface area contributed by atoms with Crippen LogP contribution in [-0.2, 0) is 0 Å². The fraction of sp³-hybridized carbons (Fsp3) is 0.455. The average Bonchev–Trinajstić information content (AvgIpc) is 2.26. The van der Waals surface area contributed by atoms with Gasteiger partial charge in [0, 0.05) is 12.1 Å². The van der Waals surface area contributed by atoms with E-state index in [4.69, 9.17) is 4.74 Å². The normalized spacial score (nSPS) is 11.8. The second-order valence-corrected chi connectivity index (χ2v) is 3.88. The molecule has 0 aromatic heterocycles. The van der Waals surface area contributed by atoms with Crippen molar-refractivity contribution in [2.45, 2.75) is 13.0 Å². The molecule has 0 aliphatic heterocycles. The molecular weight excluding hydrogens is 231 g/mol. The van der Waals surface area contributed by atoms with Gasteiger partial charge in [0.1, 0.15) is 12.4 Å². The molecule has 6 heteroatoms. The number of nitrogens with zero attached hydrogens (tertiary/aromatic N) is 2. The Kier molecular flexibility index (Phi) is 7.38. The molecule has 1 atom stereocenters. The van der Waals surface area contributed by atoms with Gasteiger partial charge in [-0.05, 0) is 27.1 Å². The molecule has 0 unspecified atom stereocenters. The Balaban J connectivity index is 0.00000256. The van der Waals surface area contributed by atoms with Crippen LogP contribution < -0.4 is 4.74 Å². The molecule has 0 heterocycles. The topological polar surface area (TPSA) is 55.6 Å². The van der Waals surface area contributed by atoms with E-state index in [9.17, 15) is 10.1 Å².